The van der Waals surface area contributed by atoms with Gasteiger partial charge in [0.25, 0.3) is 0 Å². The molecular weight excluding hydrogens is 356 g/mol. The molecule has 2 aromatic rings. The van der Waals surface area contributed by atoms with Crippen LogP contribution in [0.25, 0.3) is 0 Å². The Hall–Kier alpha value is -2.47. The zero-order valence-corrected chi connectivity index (χ0v) is 16.8. The van der Waals surface area contributed by atoms with E-state index in [0.29, 0.717) is 6.54 Å². The molecule has 2 rings (SSSR count). The van der Waals surface area contributed by atoms with E-state index in [-0.39, 0.29) is 5.91 Å². The largest absolute Gasteiger partial charge is 0.357 e. The van der Waals surface area contributed by atoms with Crippen LogP contribution in [0.3, 0.4) is 0 Å². The summed E-state index contributed by atoms with van der Waals surface area (Å²) in [6.07, 6.45) is 0.857. The van der Waals surface area contributed by atoms with E-state index in [4.69, 9.17) is 0 Å². The molecule has 0 atom stereocenters. The van der Waals surface area contributed by atoms with Gasteiger partial charge >= 0.3 is 0 Å². The molecule has 0 aromatic heterocycles. The first kappa shape index (κ1) is 20.8. The van der Waals surface area contributed by atoms with Gasteiger partial charge in [-0.05, 0) is 43.2 Å². The summed E-state index contributed by atoms with van der Waals surface area (Å²) in [5.74, 6) is 1.78. The third-order valence-electron chi connectivity index (χ3n) is 3.70. The lowest BCUT2D eigenvalue weighted by atomic mass is 10.1. The summed E-state index contributed by atoms with van der Waals surface area (Å²) >= 11 is 1.83. The molecule has 0 saturated heterocycles. The van der Waals surface area contributed by atoms with Crippen molar-refractivity contribution in [3.8, 4) is 0 Å². The summed E-state index contributed by atoms with van der Waals surface area (Å²) in [5.41, 5.74) is 2.02. The van der Waals surface area contributed by atoms with E-state index < -0.39 is 0 Å². The monoisotopic (exact) mass is 384 g/mol. The lowest BCUT2D eigenvalue weighted by Crippen LogP contribution is -2.38. The van der Waals surface area contributed by atoms with Gasteiger partial charge in [0.05, 0.1) is 0 Å². The summed E-state index contributed by atoms with van der Waals surface area (Å²) in [5, 5.41) is 9.43. The van der Waals surface area contributed by atoms with Crippen molar-refractivity contribution in [2.75, 3.05) is 30.7 Å². The van der Waals surface area contributed by atoms with Gasteiger partial charge in [0.15, 0.2) is 5.96 Å². The molecule has 0 bridgehead atoms. The molecule has 0 aliphatic heterocycles. The number of hydrogen-bond acceptors (Lipinski definition) is 3. The van der Waals surface area contributed by atoms with Gasteiger partial charge < -0.3 is 16.0 Å². The van der Waals surface area contributed by atoms with E-state index in [0.717, 1.165) is 36.9 Å². The molecule has 0 aliphatic carbocycles. The molecule has 1 amide bonds. The molecule has 0 aliphatic rings. The van der Waals surface area contributed by atoms with Gasteiger partial charge in [0, 0.05) is 42.9 Å². The van der Waals surface area contributed by atoms with E-state index in [2.05, 4.69) is 52.1 Å². The van der Waals surface area contributed by atoms with Crippen LogP contribution >= 0.6 is 11.8 Å². The van der Waals surface area contributed by atoms with Crippen LogP contribution in [0.4, 0.5) is 5.69 Å². The number of amides is 1. The highest BCUT2D eigenvalue weighted by atomic mass is 32.2. The lowest BCUT2D eigenvalue weighted by molar-refractivity contribution is -0.114. The van der Waals surface area contributed by atoms with Crippen LogP contribution in [0.5, 0.6) is 0 Å². The topological polar surface area (TPSA) is 65.5 Å². The van der Waals surface area contributed by atoms with Crippen molar-refractivity contribution >= 4 is 29.3 Å². The second-order valence-corrected chi connectivity index (χ2v) is 7.15. The minimum absolute atomic E-state index is 0.0564. The molecule has 144 valence electrons. The molecule has 0 spiro atoms. The van der Waals surface area contributed by atoms with Crippen LogP contribution in [-0.2, 0) is 11.2 Å². The van der Waals surface area contributed by atoms with Crippen molar-refractivity contribution in [1.29, 1.82) is 0 Å². The first-order chi connectivity index (χ1) is 13.2. The van der Waals surface area contributed by atoms with Crippen LogP contribution in [0.15, 0.2) is 64.5 Å². The van der Waals surface area contributed by atoms with Crippen molar-refractivity contribution in [3.05, 3.63) is 60.2 Å². The molecule has 0 radical (unpaired) electrons. The number of carbonyl (C=O) groups excluding carboxylic acids is 1. The lowest BCUT2D eigenvalue weighted by Gasteiger charge is -2.11. The Morgan fingerprint density at radius 3 is 2.44 bits per heavy atom. The fraction of sp³-hybridized carbons (Fsp3) is 0.333. The standard InChI is InChI=1S/C21H28N4OS/c1-3-22-21(24-15-16-27-20-7-5-4-6-8-20)23-14-13-18-9-11-19(12-10-18)25-17(2)26/h4-12H,3,13-16H2,1-2H3,(H,25,26)(H2,22,23,24). The first-order valence-electron chi connectivity index (χ1n) is 9.24. The minimum atomic E-state index is -0.0564. The molecule has 2 aromatic carbocycles. The quantitative estimate of drug-likeness (QED) is 0.268. The summed E-state index contributed by atoms with van der Waals surface area (Å²) < 4.78 is 0. The maximum absolute atomic E-state index is 11.1. The average Bonchev–Trinajstić information content (AvgIpc) is 2.67. The SMILES string of the molecule is CCNC(=NCCc1ccc(NC(C)=O)cc1)NCCSc1ccccc1. The van der Waals surface area contributed by atoms with Crippen LogP contribution in [0.2, 0.25) is 0 Å². The van der Waals surface area contributed by atoms with Gasteiger partial charge in [-0.25, -0.2) is 0 Å². The number of benzene rings is 2. The summed E-state index contributed by atoms with van der Waals surface area (Å²) in [6, 6.07) is 18.3. The number of rotatable bonds is 9. The second-order valence-electron chi connectivity index (χ2n) is 5.98. The third kappa shape index (κ3) is 8.64. The van der Waals surface area contributed by atoms with E-state index in [1.807, 2.05) is 42.1 Å². The summed E-state index contributed by atoms with van der Waals surface area (Å²) in [4.78, 5) is 17.0. The van der Waals surface area contributed by atoms with E-state index in [1.54, 1.807) is 0 Å². The fourth-order valence-electron chi connectivity index (χ4n) is 2.45. The Labute approximate surface area is 166 Å². The predicted molar refractivity (Wildman–Crippen MR) is 116 cm³/mol. The number of carbonyl (C=O) groups is 1. The minimum Gasteiger partial charge on any atom is -0.357 e. The smallest absolute Gasteiger partial charge is 0.221 e. The van der Waals surface area contributed by atoms with E-state index in [9.17, 15) is 4.79 Å². The molecule has 3 N–H and O–H groups in total. The molecule has 5 nitrogen and oxygen atoms in total. The van der Waals surface area contributed by atoms with Crippen LogP contribution < -0.4 is 16.0 Å². The molecule has 27 heavy (non-hydrogen) atoms. The van der Waals surface area contributed by atoms with Gasteiger partial charge in [0.1, 0.15) is 0 Å². The number of nitrogens with one attached hydrogen (secondary N) is 3. The maximum atomic E-state index is 11.1. The number of aliphatic imine (C=N–C) groups is 1. The van der Waals surface area contributed by atoms with Gasteiger partial charge in [-0.1, -0.05) is 30.3 Å². The number of thioether (sulfide) groups is 1. The third-order valence-corrected chi connectivity index (χ3v) is 4.71. The zero-order valence-electron chi connectivity index (χ0n) is 16.0. The number of guanidine groups is 1. The molecule has 6 heteroatoms. The van der Waals surface area contributed by atoms with Crippen molar-refractivity contribution in [3.63, 3.8) is 0 Å². The molecule has 0 heterocycles. The van der Waals surface area contributed by atoms with Crippen molar-refractivity contribution in [2.24, 2.45) is 4.99 Å². The zero-order chi connectivity index (χ0) is 19.3. The van der Waals surface area contributed by atoms with Gasteiger partial charge in [-0.2, -0.15) is 0 Å². The predicted octanol–water partition coefficient (Wildman–Crippen LogP) is 3.53. The van der Waals surface area contributed by atoms with Crippen molar-refractivity contribution in [1.82, 2.24) is 10.6 Å². The van der Waals surface area contributed by atoms with Crippen molar-refractivity contribution < 1.29 is 4.79 Å². The van der Waals surface area contributed by atoms with Crippen LogP contribution in [0, 0.1) is 0 Å². The van der Waals surface area contributed by atoms with Gasteiger partial charge in [-0.3, -0.25) is 9.79 Å². The second kappa shape index (κ2) is 12.0. The Balaban J connectivity index is 1.74. The van der Waals surface area contributed by atoms with Crippen LogP contribution in [0.1, 0.15) is 19.4 Å². The maximum Gasteiger partial charge on any atom is 0.221 e. The Morgan fingerprint density at radius 2 is 1.78 bits per heavy atom. The average molecular weight is 385 g/mol. The number of nitrogens with zero attached hydrogens (tertiary/aromatic N) is 1. The van der Waals surface area contributed by atoms with E-state index >= 15 is 0 Å². The first-order valence-corrected chi connectivity index (χ1v) is 10.2. The molecular formula is C21H28N4OS. The molecule has 0 saturated carbocycles. The number of anilines is 1. The van der Waals surface area contributed by atoms with Gasteiger partial charge in [-0.15, -0.1) is 11.8 Å². The summed E-state index contributed by atoms with van der Waals surface area (Å²) in [7, 11) is 0. The fourth-order valence-corrected chi connectivity index (χ4v) is 3.24. The normalized spacial score (nSPS) is 11.1. The highest BCUT2D eigenvalue weighted by Gasteiger charge is 1.99. The van der Waals surface area contributed by atoms with Crippen molar-refractivity contribution in [2.45, 2.75) is 25.2 Å². The van der Waals surface area contributed by atoms with E-state index in [1.165, 1.54) is 17.4 Å². The van der Waals surface area contributed by atoms with Crippen LogP contribution in [-0.4, -0.2) is 37.3 Å². The highest BCUT2D eigenvalue weighted by Crippen LogP contribution is 2.15. The molecule has 0 unspecified atom stereocenters. The Bertz CT molecular complexity index is 717. The summed E-state index contributed by atoms with van der Waals surface area (Å²) in [6.45, 7) is 5.98. The Kier molecular flexibility index (Phi) is 9.27. The number of hydrogen-bond donors (Lipinski definition) is 3. The highest BCUT2D eigenvalue weighted by molar-refractivity contribution is 7.99. The Morgan fingerprint density at radius 1 is 1.04 bits per heavy atom. The van der Waals surface area contributed by atoms with Gasteiger partial charge in [0.2, 0.25) is 5.91 Å². The molecule has 0 fully saturated rings.